The van der Waals surface area contributed by atoms with Crippen LogP contribution < -0.4 is 10.1 Å². The highest BCUT2D eigenvalue weighted by atomic mass is 19.4. The van der Waals surface area contributed by atoms with Gasteiger partial charge in [-0.2, -0.15) is 18.2 Å². The van der Waals surface area contributed by atoms with E-state index in [4.69, 9.17) is 4.74 Å². The van der Waals surface area contributed by atoms with Gasteiger partial charge in [0.1, 0.15) is 0 Å². The predicted octanol–water partition coefficient (Wildman–Crippen LogP) is 2.94. The first-order valence-corrected chi connectivity index (χ1v) is 5.70. The summed E-state index contributed by atoms with van der Waals surface area (Å²) in [5, 5.41) is 2.92. The zero-order chi connectivity index (χ0) is 13.6. The van der Waals surface area contributed by atoms with Crippen LogP contribution in [0.25, 0.3) is 0 Å². The van der Waals surface area contributed by atoms with Crippen molar-refractivity contribution in [1.82, 2.24) is 9.97 Å². The fraction of sp³-hybridized carbons (Fsp3) is 0.636. The normalized spacial score (nSPS) is 11.4. The molecule has 0 spiro atoms. The van der Waals surface area contributed by atoms with E-state index in [-0.39, 0.29) is 13.0 Å². The van der Waals surface area contributed by atoms with Gasteiger partial charge in [0.25, 0.3) is 0 Å². The molecule has 0 radical (unpaired) electrons. The van der Waals surface area contributed by atoms with Crippen LogP contribution in [0, 0.1) is 6.92 Å². The minimum atomic E-state index is -4.14. The Morgan fingerprint density at radius 3 is 2.67 bits per heavy atom. The summed E-state index contributed by atoms with van der Waals surface area (Å²) in [7, 11) is 0. The SMILES string of the molecule is CCNc1nc(C)cc(OCCCC(F)(F)F)n1. The molecule has 1 N–H and O–H groups in total. The minimum Gasteiger partial charge on any atom is -0.478 e. The number of nitrogens with zero attached hydrogens (tertiary/aromatic N) is 2. The maximum absolute atomic E-state index is 11.9. The van der Waals surface area contributed by atoms with Crippen molar-refractivity contribution in [1.29, 1.82) is 0 Å². The van der Waals surface area contributed by atoms with Crippen LogP contribution in [-0.2, 0) is 0 Å². The summed E-state index contributed by atoms with van der Waals surface area (Å²) in [4.78, 5) is 8.14. The lowest BCUT2D eigenvalue weighted by molar-refractivity contribution is -0.136. The highest BCUT2D eigenvalue weighted by molar-refractivity contribution is 5.30. The Bertz CT molecular complexity index is 382. The summed E-state index contributed by atoms with van der Waals surface area (Å²) in [6, 6.07) is 1.59. The number of ether oxygens (including phenoxy) is 1. The highest BCUT2D eigenvalue weighted by Gasteiger charge is 2.26. The van der Waals surface area contributed by atoms with E-state index in [0.29, 0.717) is 24.1 Å². The van der Waals surface area contributed by atoms with E-state index in [1.165, 1.54) is 0 Å². The molecule has 0 aliphatic carbocycles. The quantitative estimate of drug-likeness (QED) is 0.802. The third-order valence-electron chi connectivity index (χ3n) is 2.02. The van der Waals surface area contributed by atoms with E-state index in [2.05, 4.69) is 15.3 Å². The Morgan fingerprint density at radius 2 is 2.06 bits per heavy atom. The van der Waals surface area contributed by atoms with Crippen molar-refractivity contribution in [3.05, 3.63) is 11.8 Å². The molecule has 0 amide bonds. The molecule has 1 aromatic heterocycles. The zero-order valence-corrected chi connectivity index (χ0v) is 10.3. The van der Waals surface area contributed by atoms with E-state index < -0.39 is 12.6 Å². The maximum Gasteiger partial charge on any atom is 0.389 e. The van der Waals surface area contributed by atoms with Crippen molar-refractivity contribution in [3.63, 3.8) is 0 Å². The molecule has 18 heavy (non-hydrogen) atoms. The molecule has 7 heteroatoms. The number of hydrogen-bond donors (Lipinski definition) is 1. The van der Waals surface area contributed by atoms with Crippen LogP contribution in [0.5, 0.6) is 5.88 Å². The summed E-state index contributed by atoms with van der Waals surface area (Å²) in [5.74, 6) is 0.712. The summed E-state index contributed by atoms with van der Waals surface area (Å²) in [6.07, 6.45) is -5.07. The van der Waals surface area contributed by atoms with Crippen LogP contribution >= 0.6 is 0 Å². The molecule has 0 saturated heterocycles. The van der Waals surface area contributed by atoms with Crippen molar-refractivity contribution in [2.45, 2.75) is 32.9 Å². The molecular formula is C11H16F3N3O. The van der Waals surface area contributed by atoms with Crippen LogP contribution in [-0.4, -0.2) is 29.3 Å². The van der Waals surface area contributed by atoms with Gasteiger partial charge in [-0.1, -0.05) is 0 Å². The third-order valence-corrected chi connectivity index (χ3v) is 2.02. The largest absolute Gasteiger partial charge is 0.478 e. The van der Waals surface area contributed by atoms with Crippen molar-refractivity contribution >= 4 is 5.95 Å². The van der Waals surface area contributed by atoms with Gasteiger partial charge in [-0.25, -0.2) is 4.98 Å². The van der Waals surface area contributed by atoms with Gasteiger partial charge in [0, 0.05) is 24.7 Å². The fourth-order valence-electron chi connectivity index (χ4n) is 1.30. The standard InChI is InChI=1S/C11H16F3N3O/c1-3-15-10-16-8(2)7-9(17-10)18-6-4-5-11(12,13)14/h7H,3-6H2,1-2H3,(H,15,16,17). The average molecular weight is 263 g/mol. The summed E-state index contributed by atoms with van der Waals surface area (Å²) in [5.41, 5.74) is 0.701. The number of aryl methyl sites for hydroxylation is 1. The Balaban J connectivity index is 2.46. The lowest BCUT2D eigenvalue weighted by atomic mass is 10.3. The average Bonchev–Trinajstić information content (AvgIpc) is 2.23. The molecule has 0 aliphatic rings. The highest BCUT2D eigenvalue weighted by Crippen LogP contribution is 2.21. The number of nitrogens with one attached hydrogen (secondary N) is 1. The van der Waals surface area contributed by atoms with Gasteiger partial charge in [0.15, 0.2) is 0 Å². The monoisotopic (exact) mass is 263 g/mol. The van der Waals surface area contributed by atoms with Gasteiger partial charge in [-0.3, -0.25) is 0 Å². The Hall–Kier alpha value is -1.53. The molecule has 0 saturated carbocycles. The second-order valence-corrected chi connectivity index (χ2v) is 3.77. The van der Waals surface area contributed by atoms with Gasteiger partial charge in [-0.15, -0.1) is 0 Å². The second-order valence-electron chi connectivity index (χ2n) is 3.77. The summed E-state index contributed by atoms with van der Waals surface area (Å²) < 4.78 is 40.9. The first kappa shape index (κ1) is 14.5. The Labute approximate surface area is 104 Å². The molecule has 0 fully saturated rings. The number of hydrogen-bond acceptors (Lipinski definition) is 4. The first-order valence-electron chi connectivity index (χ1n) is 5.70. The molecule has 0 atom stereocenters. The summed E-state index contributed by atoms with van der Waals surface area (Å²) in [6.45, 7) is 4.32. The Morgan fingerprint density at radius 1 is 1.33 bits per heavy atom. The number of aromatic nitrogens is 2. The molecular weight excluding hydrogens is 247 g/mol. The maximum atomic E-state index is 11.9. The van der Waals surface area contributed by atoms with E-state index in [1.807, 2.05) is 6.92 Å². The molecule has 0 unspecified atom stereocenters. The number of alkyl halides is 3. The van der Waals surface area contributed by atoms with Gasteiger partial charge < -0.3 is 10.1 Å². The van der Waals surface area contributed by atoms with E-state index >= 15 is 0 Å². The molecule has 4 nitrogen and oxygen atoms in total. The van der Waals surface area contributed by atoms with Crippen molar-refractivity contribution in [2.24, 2.45) is 0 Å². The van der Waals surface area contributed by atoms with Crippen LogP contribution in [0.4, 0.5) is 19.1 Å². The lowest BCUT2D eigenvalue weighted by Gasteiger charge is -2.09. The molecule has 102 valence electrons. The Kier molecular flexibility index (Phi) is 5.18. The second kappa shape index (κ2) is 6.42. The number of halogens is 3. The van der Waals surface area contributed by atoms with Gasteiger partial charge in [0.2, 0.25) is 11.8 Å². The third kappa shape index (κ3) is 5.70. The molecule has 1 rings (SSSR count). The van der Waals surface area contributed by atoms with Gasteiger partial charge >= 0.3 is 6.18 Å². The van der Waals surface area contributed by atoms with Crippen LogP contribution in [0.3, 0.4) is 0 Å². The van der Waals surface area contributed by atoms with Crippen molar-refractivity contribution < 1.29 is 17.9 Å². The first-order chi connectivity index (χ1) is 8.40. The smallest absolute Gasteiger partial charge is 0.389 e. The zero-order valence-electron chi connectivity index (χ0n) is 10.3. The topological polar surface area (TPSA) is 47.0 Å². The van der Waals surface area contributed by atoms with Crippen LogP contribution in [0.1, 0.15) is 25.5 Å². The molecule has 0 aliphatic heterocycles. The molecule has 1 heterocycles. The van der Waals surface area contributed by atoms with Crippen molar-refractivity contribution in [3.8, 4) is 5.88 Å². The van der Waals surface area contributed by atoms with Crippen LogP contribution in [0.2, 0.25) is 0 Å². The van der Waals surface area contributed by atoms with E-state index in [9.17, 15) is 13.2 Å². The van der Waals surface area contributed by atoms with Gasteiger partial charge in [0.05, 0.1) is 6.61 Å². The summed E-state index contributed by atoms with van der Waals surface area (Å²) >= 11 is 0. The lowest BCUT2D eigenvalue weighted by Crippen LogP contribution is -2.11. The molecule has 1 aromatic rings. The molecule has 0 aromatic carbocycles. The number of anilines is 1. The van der Waals surface area contributed by atoms with E-state index in [0.717, 1.165) is 0 Å². The number of rotatable bonds is 6. The minimum absolute atomic E-state index is 0.0124. The fourth-order valence-corrected chi connectivity index (χ4v) is 1.30. The predicted molar refractivity (Wildman–Crippen MR) is 61.7 cm³/mol. The van der Waals surface area contributed by atoms with E-state index in [1.54, 1.807) is 13.0 Å². The van der Waals surface area contributed by atoms with Crippen LogP contribution in [0.15, 0.2) is 6.07 Å². The van der Waals surface area contributed by atoms with Crippen molar-refractivity contribution in [2.75, 3.05) is 18.5 Å². The van der Waals surface area contributed by atoms with Gasteiger partial charge in [-0.05, 0) is 20.3 Å². The molecule has 0 bridgehead atoms.